The third kappa shape index (κ3) is 1.87. The molecule has 108 valence electrons. The minimum atomic E-state index is 0.968. The van der Waals surface area contributed by atoms with Crippen LogP contribution in [0.15, 0.2) is 48.8 Å². The van der Waals surface area contributed by atoms with Crippen LogP contribution in [-0.4, -0.2) is 4.98 Å². The Kier molecular flexibility index (Phi) is 2.86. The molecule has 0 saturated heterocycles. The number of nitrogens with zero attached hydrogens (tertiary/aromatic N) is 2. The van der Waals surface area contributed by atoms with E-state index in [2.05, 4.69) is 67.0 Å². The van der Waals surface area contributed by atoms with Crippen molar-refractivity contribution in [3.63, 3.8) is 0 Å². The van der Waals surface area contributed by atoms with Crippen LogP contribution in [0.25, 0.3) is 22.5 Å². The van der Waals surface area contributed by atoms with Gasteiger partial charge in [0.25, 0.3) is 0 Å². The summed E-state index contributed by atoms with van der Waals surface area (Å²) >= 11 is 0. The maximum absolute atomic E-state index is 4.60. The van der Waals surface area contributed by atoms with Gasteiger partial charge in [-0.2, -0.15) is 0 Å². The van der Waals surface area contributed by atoms with Crippen molar-refractivity contribution in [1.82, 2.24) is 4.98 Å². The molecule has 0 amide bonds. The number of fused-ring (bicyclic) bond motifs is 3. The Morgan fingerprint density at radius 1 is 1.05 bits per heavy atom. The molecule has 0 N–H and O–H groups in total. The Bertz CT molecular complexity index is 894. The summed E-state index contributed by atoms with van der Waals surface area (Å²) < 4.78 is 2.24. The van der Waals surface area contributed by atoms with E-state index in [4.69, 9.17) is 0 Å². The van der Waals surface area contributed by atoms with Gasteiger partial charge in [-0.15, -0.1) is 0 Å². The monoisotopic (exact) mass is 287 g/mol. The molecule has 2 heterocycles. The molecule has 22 heavy (non-hydrogen) atoms. The molecule has 2 heteroatoms. The molecule has 4 rings (SSSR count). The Labute approximate surface area is 131 Å². The van der Waals surface area contributed by atoms with E-state index in [1.807, 2.05) is 12.3 Å². The largest absolute Gasteiger partial charge is 0.256 e. The van der Waals surface area contributed by atoms with Gasteiger partial charge in [0.1, 0.15) is 7.05 Å². The van der Waals surface area contributed by atoms with Crippen molar-refractivity contribution in [3.8, 4) is 22.5 Å². The average molecular weight is 287 g/mol. The fourth-order valence-electron chi connectivity index (χ4n) is 3.46. The topological polar surface area (TPSA) is 16.8 Å². The first kappa shape index (κ1) is 13.2. The minimum Gasteiger partial charge on any atom is -0.256 e. The van der Waals surface area contributed by atoms with E-state index in [1.54, 1.807) is 0 Å². The first-order chi connectivity index (χ1) is 10.6. The molecular weight excluding hydrogens is 268 g/mol. The third-order valence-corrected chi connectivity index (χ3v) is 4.59. The van der Waals surface area contributed by atoms with E-state index < -0.39 is 0 Å². The van der Waals surface area contributed by atoms with Crippen molar-refractivity contribution in [2.45, 2.75) is 20.3 Å². The van der Waals surface area contributed by atoms with E-state index in [0.717, 1.165) is 12.1 Å². The Hall–Kier alpha value is -2.48. The van der Waals surface area contributed by atoms with Crippen LogP contribution in [0.2, 0.25) is 0 Å². The highest BCUT2D eigenvalue weighted by Gasteiger charge is 2.28. The highest BCUT2D eigenvalue weighted by molar-refractivity contribution is 5.80. The summed E-state index contributed by atoms with van der Waals surface area (Å²) in [6.07, 6.45) is 5.01. The van der Waals surface area contributed by atoms with Gasteiger partial charge in [0.2, 0.25) is 5.69 Å². The van der Waals surface area contributed by atoms with Crippen LogP contribution >= 0.6 is 0 Å². The molecule has 0 spiro atoms. The maximum Gasteiger partial charge on any atom is 0.216 e. The van der Waals surface area contributed by atoms with Crippen LogP contribution in [-0.2, 0) is 13.5 Å². The lowest BCUT2D eigenvalue weighted by Gasteiger charge is -2.10. The summed E-state index contributed by atoms with van der Waals surface area (Å²) in [6.45, 7) is 4.34. The first-order valence-corrected chi connectivity index (χ1v) is 7.68. The first-order valence-electron chi connectivity index (χ1n) is 7.68. The fraction of sp³-hybridized carbons (Fsp3) is 0.200. The van der Waals surface area contributed by atoms with E-state index in [0.29, 0.717) is 0 Å². The second-order valence-electron chi connectivity index (χ2n) is 6.17. The zero-order chi connectivity index (χ0) is 15.3. The number of pyridine rings is 2. The highest BCUT2D eigenvalue weighted by atomic mass is 14.9. The number of benzene rings is 1. The van der Waals surface area contributed by atoms with Gasteiger partial charge in [0.05, 0.1) is 5.69 Å². The zero-order valence-electron chi connectivity index (χ0n) is 13.2. The van der Waals surface area contributed by atoms with Crippen LogP contribution in [0.5, 0.6) is 0 Å². The standard InChI is InChI=1S/C20H19N2/c1-13-6-7-14(2)17(11-13)20-18-12-15-5-4-9-21-19(15)16(18)8-10-22(20)3/h4-11H,12H2,1-3H3/q+1. The Balaban J connectivity index is 2.01. The van der Waals surface area contributed by atoms with Crippen LogP contribution in [0.3, 0.4) is 0 Å². The normalized spacial score (nSPS) is 12.1. The van der Waals surface area contributed by atoms with Crippen LogP contribution in [0.1, 0.15) is 22.3 Å². The van der Waals surface area contributed by atoms with E-state index in [-0.39, 0.29) is 0 Å². The molecule has 0 fully saturated rings. The summed E-state index contributed by atoms with van der Waals surface area (Å²) in [4.78, 5) is 4.60. The van der Waals surface area contributed by atoms with E-state index in [1.165, 1.54) is 39.1 Å². The maximum atomic E-state index is 4.60. The molecule has 1 aliphatic carbocycles. The smallest absolute Gasteiger partial charge is 0.216 e. The second-order valence-corrected chi connectivity index (χ2v) is 6.17. The van der Waals surface area contributed by atoms with Crippen LogP contribution in [0.4, 0.5) is 0 Å². The van der Waals surface area contributed by atoms with E-state index >= 15 is 0 Å². The van der Waals surface area contributed by atoms with Gasteiger partial charge in [0, 0.05) is 35.4 Å². The minimum absolute atomic E-state index is 0.968. The molecule has 1 aromatic carbocycles. The SMILES string of the molecule is Cc1ccc(C)c(-c2c3c(cc[n+]2C)-c2ncccc2C3)c1. The van der Waals surface area contributed by atoms with Crippen molar-refractivity contribution in [2.24, 2.45) is 7.05 Å². The highest BCUT2D eigenvalue weighted by Crippen LogP contribution is 2.39. The quantitative estimate of drug-likeness (QED) is 0.487. The number of hydrogen-bond donors (Lipinski definition) is 0. The van der Waals surface area contributed by atoms with Crippen molar-refractivity contribution in [3.05, 3.63) is 71.0 Å². The molecule has 2 nitrogen and oxygen atoms in total. The van der Waals surface area contributed by atoms with Crippen molar-refractivity contribution in [1.29, 1.82) is 0 Å². The summed E-state index contributed by atoms with van der Waals surface area (Å²) in [7, 11) is 2.13. The molecule has 0 unspecified atom stereocenters. The van der Waals surface area contributed by atoms with Gasteiger partial charge in [-0.05, 0) is 37.1 Å². The summed E-state index contributed by atoms with van der Waals surface area (Å²) in [5.74, 6) is 0. The van der Waals surface area contributed by atoms with Gasteiger partial charge >= 0.3 is 0 Å². The predicted octanol–water partition coefficient (Wildman–Crippen LogP) is 3.76. The van der Waals surface area contributed by atoms with Crippen molar-refractivity contribution in [2.75, 3.05) is 0 Å². The lowest BCUT2D eigenvalue weighted by atomic mass is 9.96. The van der Waals surface area contributed by atoms with Gasteiger partial charge in [-0.25, -0.2) is 4.57 Å². The number of aromatic nitrogens is 2. The van der Waals surface area contributed by atoms with E-state index in [9.17, 15) is 0 Å². The molecular formula is C20H19N2+. The summed E-state index contributed by atoms with van der Waals surface area (Å²) in [6, 6.07) is 13.1. The van der Waals surface area contributed by atoms with Crippen LogP contribution in [0, 0.1) is 13.8 Å². The summed E-state index contributed by atoms with van der Waals surface area (Å²) in [5.41, 5.74) is 10.4. The summed E-state index contributed by atoms with van der Waals surface area (Å²) in [5, 5.41) is 0. The number of hydrogen-bond acceptors (Lipinski definition) is 1. The number of rotatable bonds is 1. The van der Waals surface area contributed by atoms with Gasteiger partial charge in [-0.1, -0.05) is 23.8 Å². The molecule has 0 aliphatic heterocycles. The lowest BCUT2D eigenvalue weighted by molar-refractivity contribution is -0.660. The number of aryl methyl sites for hydroxylation is 3. The fourth-order valence-corrected chi connectivity index (χ4v) is 3.46. The third-order valence-electron chi connectivity index (χ3n) is 4.59. The van der Waals surface area contributed by atoms with Gasteiger partial charge in [0.15, 0.2) is 6.20 Å². The molecule has 1 aliphatic rings. The van der Waals surface area contributed by atoms with Crippen LogP contribution < -0.4 is 4.57 Å². The average Bonchev–Trinajstić information content (AvgIpc) is 2.88. The van der Waals surface area contributed by atoms with Gasteiger partial charge < -0.3 is 0 Å². The molecule has 0 atom stereocenters. The Morgan fingerprint density at radius 3 is 2.77 bits per heavy atom. The second kappa shape index (κ2) is 4.77. The van der Waals surface area contributed by atoms with Crippen molar-refractivity contribution >= 4 is 0 Å². The lowest BCUT2D eigenvalue weighted by Crippen LogP contribution is -2.32. The van der Waals surface area contributed by atoms with Gasteiger partial charge in [-0.3, -0.25) is 4.98 Å². The Morgan fingerprint density at radius 2 is 1.91 bits per heavy atom. The molecule has 3 aromatic rings. The molecule has 0 saturated carbocycles. The molecule has 2 aromatic heterocycles. The molecule has 0 radical (unpaired) electrons. The van der Waals surface area contributed by atoms with Crippen molar-refractivity contribution < 1.29 is 4.57 Å². The zero-order valence-corrected chi connectivity index (χ0v) is 13.2. The predicted molar refractivity (Wildman–Crippen MR) is 88.6 cm³/mol. The molecule has 0 bridgehead atoms.